The third-order valence-electron chi connectivity index (χ3n) is 7.19. The van der Waals surface area contributed by atoms with Crippen LogP contribution in [-0.4, -0.2) is 49.3 Å². The Kier molecular flexibility index (Phi) is 8.64. The van der Waals surface area contributed by atoms with Gasteiger partial charge in [-0.05, 0) is 44.7 Å². The van der Waals surface area contributed by atoms with Crippen LogP contribution in [-0.2, 0) is 18.4 Å². The highest BCUT2D eigenvalue weighted by Gasteiger charge is 2.32. The van der Waals surface area contributed by atoms with Crippen molar-refractivity contribution in [3.8, 4) is 0 Å². The number of nitrogens with zero attached hydrogens (tertiary/aromatic N) is 4. The highest BCUT2D eigenvalue weighted by atomic mass is 32.2. The molecule has 1 aromatic heterocycles. The molecular weight excluding hydrogens is 446 g/mol. The van der Waals surface area contributed by atoms with Crippen LogP contribution in [0.15, 0.2) is 29.4 Å². The van der Waals surface area contributed by atoms with Crippen LogP contribution in [0.4, 0.5) is 0 Å². The van der Waals surface area contributed by atoms with Crippen LogP contribution in [0.3, 0.4) is 0 Å². The zero-order chi connectivity index (χ0) is 23.9. The minimum atomic E-state index is -0.136. The number of amides is 2. The summed E-state index contributed by atoms with van der Waals surface area (Å²) in [6.07, 6.45) is 12.1. The van der Waals surface area contributed by atoms with Crippen molar-refractivity contribution in [3.05, 3.63) is 41.2 Å². The lowest BCUT2D eigenvalue weighted by molar-refractivity contribution is -0.135. The summed E-state index contributed by atoms with van der Waals surface area (Å²) < 4.78 is 1.87. The Hall–Kier alpha value is -2.35. The molecule has 8 heteroatoms. The molecule has 7 nitrogen and oxygen atoms in total. The lowest BCUT2D eigenvalue weighted by Gasteiger charge is -2.41. The summed E-state index contributed by atoms with van der Waals surface area (Å²) in [6, 6.07) is 8.28. The molecule has 0 saturated heterocycles. The van der Waals surface area contributed by atoms with Crippen molar-refractivity contribution in [2.24, 2.45) is 7.05 Å². The predicted molar refractivity (Wildman–Crippen MR) is 135 cm³/mol. The Morgan fingerprint density at radius 3 is 2.15 bits per heavy atom. The van der Waals surface area contributed by atoms with Gasteiger partial charge in [-0.25, -0.2) is 0 Å². The number of benzene rings is 1. The first kappa shape index (κ1) is 24.8. The first-order chi connectivity index (χ1) is 16.5. The number of carbonyl (C=O) groups excluding carboxylic acids is 2. The van der Waals surface area contributed by atoms with E-state index in [1.165, 1.54) is 50.3 Å². The van der Waals surface area contributed by atoms with Gasteiger partial charge in [-0.1, -0.05) is 68.0 Å². The first-order valence-electron chi connectivity index (χ1n) is 12.7. The average molecular weight is 484 g/mol. The van der Waals surface area contributed by atoms with Crippen molar-refractivity contribution in [3.63, 3.8) is 0 Å². The molecular formula is C26H37N5O2S. The Balaban J connectivity index is 1.34. The van der Waals surface area contributed by atoms with Crippen molar-refractivity contribution in [2.45, 2.75) is 94.9 Å². The van der Waals surface area contributed by atoms with E-state index in [0.29, 0.717) is 40.9 Å². The van der Waals surface area contributed by atoms with Crippen molar-refractivity contribution >= 4 is 23.6 Å². The van der Waals surface area contributed by atoms with Crippen LogP contribution < -0.4 is 5.32 Å². The molecule has 34 heavy (non-hydrogen) atoms. The van der Waals surface area contributed by atoms with E-state index in [0.717, 1.165) is 31.2 Å². The largest absolute Gasteiger partial charge is 0.345 e. The molecule has 1 heterocycles. The standard InChI is InChI=1S/C26H37N5O2S/c1-19-13-15-20(16-14-19)25(33)27-17-23-28-29-26(30(23)2)34-18-24(32)31(21-9-5-3-6-10-21)22-11-7-4-8-12-22/h13-16,21-22H,3-12,17-18H2,1-2H3,(H,27,33). The van der Waals surface area contributed by atoms with Crippen LogP contribution in [0.25, 0.3) is 0 Å². The number of aromatic nitrogens is 3. The van der Waals surface area contributed by atoms with E-state index in [2.05, 4.69) is 20.4 Å². The van der Waals surface area contributed by atoms with Crippen molar-refractivity contribution < 1.29 is 9.59 Å². The van der Waals surface area contributed by atoms with Gasteiger partial charge in [0.2, 0.25) is 5.91 Å². The molecule has 2 aliphatic carbocycles. The Morgan fingerprint density at radius 1 is 0.971 bits per heavy atom. The summed E-state index contributed by atoms with van der Waals surface area (Å²) in [5, 5.41) is 12.2. The molecule has 0 aliphatic heterocycles. The van der Waals surface area contributed by atoms with Gasteiger partial charge in [0, 0.05) is 24.7 Å². The normalized spacial score (nSPS) is 17.5. The number of aryl methyl sites for hydroxylation is 1. The van der Waals surface area contributed by atoms with E-state index < -0.39 is 0 Å². The van der Waals surface area contributed by atoms with E-state index in [9.17, 15) is 9.59 Å². The zero-order valence-corrected chi connectivity index (χ0v) is 21.3. The van der Waals surface area contributed by atoms with Gasteiger partial charge in [-0.2, -0.15) is 0 Å². The minimum Gasteiger partial charge on any atom is -0.345 e. The van der Waals surface area contributed by atoms with Gasteiger partial charge >= 0.3 is 0 Å². The number of rotatable bonds is 8. The summed E-state index contributed by atoms with van der Waals surface area (Å²) in [6.45, 7) is 2.29. The highest BCUT2D eigenvalue weighted by Crippen LogP contribution is 2.31. The van der Waals surface area contributed by atoms with Crippen molar-refractivity contribution in [1.82, 2.24) is 25.0 Å². The number of carbonyl (C=O) groups is 2. The fourth-order valence-electron chi connectivity index (χ4n) is 5.22. The molecule has 0 atom stereocenters. The summed E-state index contributed by atoms with van der Waals surface area (Å²) in [5.41, 5.74) is 1.74. The number of hydrogen-bond donors (Lipinski definition) is 1. The fourth-order valence-corrected chi connectivity index (χ4v) is 6.01. The van der Waals surface area contributed by atoms with Gasteiger partial charge < -0.3 is 14.8 Å². The predicted octanol–water partition coefficient (Wildman–Crippen LogP) is 4.64. The van der Waals surface area contributed by atoms with Crippen LogP contribution in [0.5, 0.6) is 0 Å². The second kappa shape index (κ2) is 11.9. The van der Waals surface area contributed by atoms with Crippen LogP contribution in [0.2, 0.25) is 0 Å². The maximum absolute atomic E-state index is 13.4. The second-order valence-electron chi connectivity index (χ2n) is 9.68. The van der Waals surface area contributed by atoms with Gasteiger partial charge in [-0.3, -0.25) is 9.59 Å². The molecule has 1 N–H and O–H groups in total. The molecule has 0 spiro atoms. The Bertz CT molecular complexity index is 944. The zero-order valence-electron chi connectivity index (χ0n) is 20.5. The maximum atomic E-state index is 13.4. The summed E-state index contributed by atoms with van der Waals surface area (Å²) in [7, 11) is 1.89. The van der Waals surface area contributed by atoms with Gasteiger partial charge in [-0.15, -0.1) is 10.2 Å². The van der Waals surface area contributed by atoms with Crippen molar-refractivity contribution in [1.29, 1.82) is 0 Å². The monoisotopic (exact) mass is 483 g/mol. The SMILES string of the molecule is Cc1ccc(C(=O)NCc2nnc(SCC(=O)N(C3CCCCC3)C3CCCCC3)n2C)cc1. The minimum absolute atomic E-state index is 0.136. The van der Waals surface area contributed by atoms with Crippen LogP contribution in [0, 0.1) is 6.92 Å². The molecule has 0 bridgehead atoms. The molecule has 2 aromatic rings. The van der Waals surface area contributed by atoms with Gasteiger partial charge in [0.1, 0.15) is 0 Å². The highest BCUT2D eigenvalue weighted by molar-refractivity contribution is 7.99. The number of thioether (sulfide) groups is 1. The van der Waals surface area contributed by atoms with Gasteiger partial charge in [0.15, 0.2) is 11.0 Å². The number of hydrogen-bond acceptors (Lipinski definition) is 5. The van der Waals surface area contributed by atoms with E-state index in [-0.39, 0.29) is 11.8 Å². The third-order valence-corrected chi connectivity index (χ3v) is 8.20. The summed E-state index contributed by atoms with van der Waals surface area (Å²) in [4.78, 5) is 28.1. The molecule has 0 radical (unpaired) electrons. The molecule has 2 saturated carbocycles. The number of nitrogens with one attached hydrogen (secondary N) is 1. The fraction of sp³-hybridized carbons (Fsp3) is 0.615. The summed E-state index contributed by atoms with van der Waals surface area (Å²) in [5.74, 6) is 1.16. The van der Waals surface area contributed by atoms with Crippen LogP contribution >= 0.6 is 11.8 Å². The van der Waals surface area contributed by atoms with Gasteiger partial charge in [0.05, 0.1) is 12.3 Å². The maximum Gasteiger partial charge on any atom is 0.251 e. The van der Waals surface area contributed by atoms with E-state index >= 15 is 0 Å². The Labute approximate surface area is 207 Å². The molecule has 2 amide bonds. The molecule has 1 aromatic carbocycles. The molecule has 4 rings (SSSR count). The van der Waals surface area contributed by atoms with E-state index in [4.69, 9.17) is 0 Å². The lowest BCUT2D eigenvalue weighted by atomic mass is 9.88. The summed E-state index contributed by atoms with van der Waals surface area (Å²) >= 11 is 1.45. The third kappa shape index (κ3) is 6.20. The molecule has 0 unspecified atom stereocenters. The smallest absolute Gasteiger partial charge is 0.251 e. The van der Waals surface area contributed by atoms with E-state index in [1.807, 2.05) is 42.8 Å². The average Bonchev–Trinajstić information content (AvgIpc) is 3.22. The van der Waals surface area contributed by atoms with Crippen molar-refractivity contribution in [2.75, 3.05) is 5.75 Å². The first-order valence-corrected chi connectivity index (χ1v) is 13.7. The second-order valence-corrected chi connectivity index (χ2v) is 10.6. The van der Waals surface area contributed by atoms with Gasteiger partial charge in [0.25, 0.3) is 5.91 Å². The molecule has 184 valence electrons. The van der Waals surface area contributed by atoms with E-state index in [1.54, 1.807) is 0 Å². The lowest BCUT2D eigenvalue weighted by Crippen LogP contribution is -2.49. The topological polar surface area (TPSA) is 80.1 Å². The molecule has 2 fully saturated rings. The quantitative estimate of drug-likeness (QED) is 0.553. The Morgan fingerprint density at radius 2 is 1.56 bits per heavy atom. The molecule has 2 aliphatic rings. The van der Waals surface area contributed by atoms with Crippen LogP contribution in [0.1, 0.15) is 86.0 Å².